The molecule has 1 unspecified atom stereocenters. The van der Waals surface area contributed by atoms with Crippen LogP contribution >= 0.6 is 11.6 Å². The maximum absolute atomic E-state index is 13.6. The minimum absolute atomic E-state index is 0.0478. The lowest BCUT2D eigenvalue weighted by molar-refractivity contribution is -0.196. The molecule has 2 aromatic rings. The number of hydrogen-bond acceptors (Lipinski definition) is 6. The lowest BCUT2D eigenvalue weighted by Gasteiger charge is -2.64. The van der Waals surface area contributed by atoms with E-state index >= 15 is 0 Å². The van der Waals surface area contributed by atoms with Crippen LogP contribution in [0.4, 0.5) is 0 Å². The summed E-state index contributed by atoms with van der Waals surface area (Å²) in [5, 5.41) is 23.8. The number of ether oxygens (including phenoxy) is 1. The van der Waals surface area contributed by atoms with Gasteiger partial charge in [0.15, 0.2) is 11.5 Å². The van der Waals surface area contributed by atoms with Gasteiger partial charge in [-0.25, -0.2) is 0 Å². The first kappa shape index (κ1) is 21.5. The van der Waals surface area contributed by atoms with Gasteiger partial charge in [0.05, 0.1) is 28.2 Å². The summed E-state index contributed by atoms with van der Waals surface area (Å²) in [6, 6.07) is 7.81. The zero-order valence-electron chi connectivity index (χ0n) is 19.7. The minimum Gasteiger partial charge on any atom is -0.504 e. The number of carbonyl (C=O) groups is 2. The quantitative estimate of drug-likeness (QED) is 0.621. The van der Waals surface area contributed by atoms with E-state index < -0.39 is 23.2 Å². The van der Waals surface area contributed by atoms with Crippen molar-refractivity contribution in [1.29, 1.82) is 0 Å². The summed E-state index contributed by atoms with van der Waals surface area (Å²) in [4.78, 5) is 30.9. The van der Waals surface area contributed by atoms with Crippen LogP contribution in [0.25, 0.3) is 0 Å². The number of hydrogen-bond donors (Lipinski definition) is 2. The molecule has 2 amide bonds. The van der Waals surface area contributed by atoms with Crippen LogP contribution in [0.3, 0.4) is 0 Å². The molecule has 1 spiro atoms. The average molecular weight is 507 g/mol. The number of piperidine rings is 1. The van der Waals surface area contributed by atoms with Gasteiger partial charge in [-0.05, 0) is 80.8 Å². The van der Waals surface area contributed by atoms with Crippen LogP contribution < -0.4 is 4.74 Å². The monoisotopic (exact) mass is 506 g/mol. The Hall–Kier alpha value is -2.61. The predicted molar refractivity (Wildman–Crippen MR) is 131 cm³/mol. The maximum Gasteiger partial charge on any atom is 0.261 e. The number of benzene rings is 2. The second-order valence-electron chi connectivity index (χ2n) is 11.6. The van der Waals surface area contributed by atoms with E-state index in [-0.39, 0.29) is 23.6 Å². The van der Waals surface area contributed by atoms with Gasteiger partial charge in [-0.1, -0.05) is 17.7 Å². The van der Waals surface area contributed by atoms with E-state index in [1.165, 1.54) is 17.7 Å². The first-order valence-electron chi connectivity index (χ1n) is 13.0. The SMILES string of the molecule is O=C1c2ccc(Cl)cc2C(=O)N1[C@@H]1CCC2(O)[C@H]3Cc4ccc(O)c5c4[C@@]2(CCN3CC2CC2)[C@H]1O5. The van der Waals surface area contributed by atoms with Crippen LogP contribution in [-0.4, -0.2) is 68.7 Å². The van der Waals surface area contributed by atoms with Gasteiger partial charge in [0.25, 0.3) is 11.8 Å². The van der Waals surface area contributed by atoms with E-state index in [1.807, 2.05) is 6.07 Å². The fraction of sp³-hybridized carbons (Fsp3) is 0.500. The standard InChI is InChI=1S/C28H27ClN2O5/c29-16-4-5-17-18(12-16)26(34)31(25(17)33)19-7-8-28(35)21-11-15-3-6-20(32)23-22(15)27(28,24(19)36-23)9-10-30(21)13-14-1-2-14/h3-6,12,14,19,21,24,32,35H,1-2,7-11,13H2/t19-,21-,24+,27+,28?/m1/s1. The number of rotatable bonds is 3. The molecule has 7 nitrogen and oxygen atoms in total. The van der Waals surface area contributed by atoms with Crippen molar-refractivity contribution in [2.75, 3.05) is 13.1 Å². The van der Waals surface area contributed by atoms with Crippen molar-refractivity contribution in [3.63, 3.8) is 0 Å². The van der Waals surface area contributed by atoms with Crippen molar-refractivity contribution in [1.82, 2.24) is 9.80 Å². The number of imide groups is 1. The molecule has 0 radical (unpaired) electrons. The number of halogens is 1. The van der Waals surface area contributed by atoms with E-state index in [0.29, 0.717) is 53.5 Å². The summed E-state index contributed by atoms with van der Waals surface area (Å²) in [6.45, 7) is 1.82. The molecule has 3 aliphatic heterocycles. The Morgan fingerprint density at radius 3 is 2.67 bits per heavy atom. The third-order valence-electron chi connectivity index (χ3n) is 9.94. The molecule has 186 valence electrons. The average Bonchev–Trinajstić information content (AvgIpc) is 3.55. The van der Waals surface area contributed by atoms with Gasteiger partial charge in [0.2, 0.25) is 0 Å². The van der Waals surface area contributed by atoms with Gasteiger partial charge in [0, 0.05) is 23.2 Å². The Bertz CT molecular complexity index is 1370. The van der Waals surface area contributed by atoms with Crippen molar-refractivity contribution in [3.05, 3.63) is 57.6 Å². The Morgan fingerprint density at radius 2 is 1.86 bits per heavy atom. The lowest BCUT2D eigenvalue weighted by Crippen LogP contribution is -2.78. The van der Waals surface area contributed by atoms with Crippen molar-refractivity contribution in [2.45, 2.75) is 67.7 Å². The van der Waals surface area contributed by atoms with E-state index in [9.17, 15) is 19.8 Å². The van der Waals surface area contributed by atoms with Crippen LogP contribution in [0.5, 0.6) is 11.5 Å². The summed E-state index contributed by atoms with van der Waals surface area (Å²) in [5.74, 6) is 0.452. The normalized spacial score (nSPS) is 36.1. The third-order valence-corrected chi connectivity index (χ3v) is 10.2. The van der Waals surface area contributed by atoms with E-state index in [0.717, 1.165) is 24.2 Å². The molecule has 2 aromatic carbocycles. The molecule has 5 atom stereocenters. The van der Waals surface area contributed by atoms with Crippen LogP contribution in [0.1, 0.15) is 63.9 Å². The Balaban J connectivity index is 1.27. The van der Waals surface area contributed by atoms with E-state index in [2.05, 4.69) is 4.90 Å². The Morgan fingerprint density at radius 1 is 1.06 bits per heavy atom. The smallest absolute Gasteiger partial charge is 0.261 e. The number of phenols is 1. The van der Waals surface area contributed by atoms with Crippen molar-refractivity contribution in [3.8, 4) is 11.5 Å². The lowest BCUT2D eigenvalue weighted by atomic mass is 9.48. The fourth-order valence-electron chi connectivity index (χ4n) is 8.25. The maximum atomic E-state index is 13.6. The zero-order chi connectivity index (χ0) is 24.6. The summed E-state index contributed by atoms with van der Waals surface area (Å²) in [7, 11) is 0. The predicted octanol–water partition coefficient (Wildman–Crippen LogP) is 3.27. The first-order valence-corrected chi connectivity index (χ1v) is 13.4. The number of nitrogens with zero attached hydrogens (tertiary/aromatic N) is 2. The van der Waals surface area contributed by atoms with E-state index in [1.54, 1.807) is 24.3 Å². The second kappa shape index (κ2) is 6.82. The van der Waals surface area contributed by atoms with Crippen molar-refractivity contribution >= 4 is 23.4 Å². The van der Waals surface area contributed by atoms with Crippen molar-refractivity contribution in [2.24, 2.45) is 5.92 Å². The van der Waals surface area contributed by atoms with Gasteiger partial charge in [0.1, 0.15) is 6.10 Å². The molecule has 1 saturated heterocycles. The van der Waals surface area contributed by atoms with Gasteiger partial charge < -0.3 is 14.9 Å². The van der Waals surface area contributed by atoms with Gasteiger partial charge >= 0.3 is 0 Å². The number of carbonyl (C=O) groups excluding carboxylic acids is 2. The van der Waals surface area contributed by atoms with Crippen molar-refractivity contribution < 1.29 is 24.5 Å². The molecule has 8 heteroatoms. The molecule has 36 heavy (non-hydrogen) atoms. The number of likely N-dealkylation sites (tertiary alicyclic amines) is 1. The topological polar surface area (TPSA) is 90.3 Å². The molecule has 2 N–H and O–H groups in total. The molecule has 3 aliphatic carbocycles. The summed E-state index contributed by atoms with van der Waals surface area (Å²) < 4.78 is 6.55. The molecule has 0 aromatic heterocycles. The fourth-order valence-corrected chi connectivity index (χ4v) is 8.42. The third kappa shape index (κ3) is 2.42. The minimum atomic E-state index is -1.06. The van der Waals surface area contributed by atoms with Crippen LogP contribution in [0, 0.1) is 5.92 Å². The summed E-state index contributed by atoms with van der Waals surface area (Å²) in [5.41, 5.74) is 0.801. The molecule has 2 bridgehead atoms. The number of phenolic OH excluding ortho intramolecular Hbond substituents is 1. The number of aromatic hydroxyl groups is 1. The molecule has 6 aliphatic rings. The highest BCUT2D eigenvalue weighted by molar-refractivity contribution is 6.32. The van der Waals surface area contributed by atoms with Crippen LogP contribution in [-0.2, 0) is 11.8 Å². The number of amides is 2. The number of fused-ring (bicyclic) bond motifs is 1. The zero-order valence-corrected chi connectivity index (χ0v) is 20.5. The van der Waals surface area contributed by atoms with Crippen LogP contribution in [0.2, 0.25) is 5.02 Å². The van der Waals surface area contributed by atoms with Gasteiger partial charge in [-0.3, -0.25) is 19.4 Å². The molecule has 2 saturated carbocycles. The Labute approximate surface area is 213 Å². The second-order valence-corrected chi connectivity index (χ2v) is 12.0. The molecule has 8 rings (SSSR count). The van der Waals surface area contributed by atoms with Gasteiger partial charge in [-0.2, -0.15) is 0 Å². The summed E-state index contributed by atoms with van der Waals surface area (Å²) in [6.07, 6.45) is 4.15. The molecule has 3 heterocycles. The Kier molecular flexibility index (Phi) is 4.07. The first-order chi connectivity index (χ1) is 17.3. The highest BCUT2D eigenvalue weighted by Crippen LogP contribution is 2.66. The van der Waals surface area contributed by atoms with Gasteiger partial charge in [-0.15, -0.1) is 0 Å². The number of aliphatic hydroxyl groups is 1. The molecular formula is C28H27ClN2O5. The van der Waals surface area contributed by atoms with E-state index in [4.69, 9.17) is 16.3 Å². The highest BCUT2D eigenvalue weighted by Gasteiger charge is 2.74. The summed E-state index contributed by atoms with van der Waals surface area (Å²) >= 11 is 6.15. The highest BCUT2D eigenvalue weighted by atomic mass is 35.5. The molecule has 3 fully saturated rings. The largest absolute Gasteiger partial charge is 0.504 e. The molecular weight excluding hydrogens is 480 g/mol. The van der Waals surface area contributed by atoms with Crippen LogP contribution in [0.15, 0.2) is 30.3 Å².